The van der Waals surface area contributed by atoms with Crippen LogP contribution in [-0.4, -0.2) is 33.6 Å². The molecule has 3 heteroatoms. The van der Waals surface area contributed by atoms with E-state index in [2.05, 4.69) is 13.2 Å². The van der Waals surface area contributed by atoms with Crippen LogP contribution in [0.1, 0.15) is 44.9 Å². The van der Waals surface area contributed by atoms with Crippen LogP contribution < -0.4 is 0 Å². The van der Waals surface area contributed by atoms with Gasteiger partial charge in [-0.25, -0.2) is 0 Å². The van der Waals surface area contributed by atoms with Gasteiger partial charge >= 0.3 is 0 Å². The number of aliphatic hydroxyl groups excluding tert-OH is 1. The quantitative estimate of drug-likeness (QED) is 0.777. The summed E-state index contributed by atoms with van der Waals surface area (Å²) in [6.07, 6.45) is 9.09. The Morgan fingerprint density at radius 1 is 1.20 bits per heavy atom. The van der Waals surface area contributed by atoms with Gasteiger partial charge in [0, 0.05) is 6.42 Å². The zero-order valence-electron chi connectivity index (χ0n) is 12.1. The Morgan fingerprint density at radius 3 is 2.65 bits per heavy atom. The van der Waals surface area contributed by atoms with Crippen LogP contribution in [0.5, 0.6) is 0 Å². The van der Waals surface area contributed by atoms with Gasteiger partial charge in [-0.15, -0.1) is 13.2 Å². The maximum Gasteiger partial charge on any atom is 0.101 e. The largest absolute Gasteiger partial charge is 0.393 e. The van der Waals surface area contributed by atoms with Crippen molar-refractivity contribution in [2.45, 2.75) is 68.4 Å². The molecule has 3 rings (SSSR count). The molecule has 0 radical (unpaired) electrons. The Kier molecular flexibility index (Phi) is 3.56. The highest BCUT2D eigenvalue weighted by Gasteiger charge is 2.69. The monoisotopic (exact) mass is 278 g/mol. The summed E-state index contributed by atoms with van der Waals surface area (Å²) in [7, 11) is 0. The SMILES string of the molecule is C=CC[C@@H]1C[C@]2(O)C[C@@H](CC=C)[C@H]3C[C@@H](O)CC[C@@]32O1. The van der Waals surface area contributed by atoms with Crippen molar-refractivity contribution in [1.29, 1.82) is 0 Å². The van der Waals surface area contributed by atoms with Gasteiger partial charge in [0.1, 0.15) is 5.60 Å². The Labute approximate surface area is 121 Å². The lowest BCUT2D eigenvalue weighted by Crippen LogP contribution is -2.53. The van der Waals surface area contributed by atoms with E-state index in [-0.39, 0.29) is 18.1 Å². The van der Waals surface area contributed by atoms with Crippen LogP contribution in [0.4, 0.5) is 0 Å². The van der Waals surface area contributed by atoms with Crippen molar-refractivity contribution in [3.05, 3.63) is 25.3 Å². The van der Waals surface area contributed by atoms with Gasteiger partial charge in [-0.1, -0.05) is 12.2 Å². The van der Waals surface area contributed by atoms with Gasteiger partial charge in [-0.2, -0.15) is 0 Å². The minimum Gasteiger partial charge on any atom is -0.393 e. The molecule has 20 heavy (non-hydrogen) atoms. The summed E-state index contributed by atoms with van der Waals surface area (Å²) in [5.41, 5.74) is -1.16. The Bertz CT molecular complexity index is 407. The first-order valence-corrected chi connectivity index (χ1v) is 7.85. The molecule has 0 bridgehead atoms. The fourth-order valence-electron chi connectivity index (χ4n) is 5.07. The summed E-state index contributed by atoms with van der Waals surface area (Å²) in [6.45, 7) is 7.63. The van der Waals surface area contributed by atoms with E-state index in [0.717, 1.165) is 38.5 Å². The number of aliphatic hydroxyl groups is 2. The summed E-state index contributed by atoms with van der Waals surface area (Å²) in [5, 5.41) is 21.3. The molecule has 6 atom stereocenters. The fourth-order valence-corrected chi connectivity index (χ4v) is 5.07. The molecule has 3 fully saturated rings. The van der Waals surface area contributed by atoms with Crippen LogP contribution in [0.2, 0.25) is 0 Å². The molecule has 3 nitrogen and oxygen atoms in total. The number of hydrogen-bond donors (Lipinski definition) is 2. The lowest BCUT2D eigenvalue weighted by molar-refractivity contribution is -0.166. The normalized spacial score (nSPS) is 50.5. The first-order chi connectivity index (χ1) is 9.54. The van der Waals surface area contributed by atoms with E-state index in [0.29, 0.717) is 12.3 Å². The average molecular weight is 278 g/mol. The van der Waals surface area contributed by atoms with Crippen LogP contribution in [0.15, 0.2) is 25.3 Å². The maximum atomic E-state index is 11.2. The summed E-state index contributed by atoms with van der Waals surface area (Å²) in [5.74, 6) is 0.640. The van der Waals surface area contributed by atoms with Crippen LogP contribution in [0.3, 0.4) is 0 Å². The Morgan fingerprint density at radius 2 is 1.95 bits per heavy atom. The van der Waals surface area contributed by atoms with Gasteiger partial charge in [0.25, 0.3) is 0 Å². The van der Waals surface area contributed by atoms with Crippen LogP contribution >= 0.6 is 0 Å². The summed E-state index contributed by atoms with van der Waals surface area (Å²) >= 11 is 0. The zero-order chi connectivity index (χ0) is 14.4. The molecule has 1 heterocycles. The minimum absolute atomic E-state index is 0.0833. The van der Waals surface area contributed by atoms with Crippen molar-refractivity contribution in [3.63, 3.8) is 0 Å². The molecular formula is C17H26O3. The topological polar surface area (TPSA) is 49.7 Å². The highest BCUT2D eigenvalue weighted by molar-refractivity contribution is 5.20. The third kappa shape index (κ3) is 1.91. The van der Waals surface area contributed by atoms with Gasteiger partial charge in [0.05, 0.1) is 17.8 Å². The molecule has 1 spiro atoms. The smallest absolute Gasteiger partial charge is 0.101 e. The second-order valence-corrected chi connectivity index (χ2v) is 6.91. The zero-order valence-corrected chi connectivity index (χ0v) is 12.1. The second-order valence-electron chi connectivity index (χ2n) is 6.91. The highest BCUT2D eigenvalue weighted by atomic mass is 16.5. The standard InChI is InChI=1S/C17H26O3/c1-3-5-12-10-16(19)11-14(6-4-2)20-17(16)8-7-13(18)9-15(12)17/h3-4,12-15,18-19H,1-2,5-11H2/t12-,13+,14-,15-,16-,17-/m1/s1. The van der Waals surface area contributed by atoms with E-state index < -0.39 is 11.2 Å². The highest BCUT2D eigenvalue weighted by Crippen LogP contribution is 2.62. The number of rotatable bonds is 4. The Hall–Kier alpha value is -0.640. The van der Waals surface area contributed by atoms with Crippen molar-refractivity contribution in [2.24, 2.45) is 11.8 Å². The van der Waals surface area contributed by atoms with Gasteiger partial charge in [-0.05, 0) is 50.4 Å². The number of hydrogen-bond acceptors (Lipinski definition) is 3. The molecule has 0 aromatic rings. The van der Waals surface area contributed by atoms with E-state index in [9.17, 15) is 10.2 Å². The lowest BCUT2D eigenvalue weighted by Gasteiger charge is -2.45. The second kappa shape index (κ2) is 4.97. The van der Waals surface area contributed by atoms with Crippen molar-refractivity contribution in [3.8, 4) is 0 Å². The molecule has 0 aromatic carbocycles. The molecule has 1 aliphatic heterocycles. The molecule has 2 N–H and O–H groups in total. The molecule has 1 saturated heterocycles. The average Bonchev–Trinajstić information content (AvgIpc) is 2.77. The third-order valence-electron chi connectivity index (χ3n) is 5.77. The van der Waals surface area contributed by atoms with E-state index >= 15 is 0 Å². The molecule has 2 saturated carbocycles. The van der Waals surface area contributed by atoms with Crippen LogP contribution in [-0.2, 0) is 4.74 Å². The van der Waals surface area contributed by atoms with E-state index in [1.807, 2.05) is 12.2 Å². The number of allylic oxidation sites excluding steroid dienone is 1. The molecule has 0 amide bonds. The summed E-state index contributed by atoms with van der Waals surface area (Å²) in [4.78, 5) is 0. The van der Waals surface area contributed by atoms with Crippen LogP contribution in [0, 0.1) is 11.8 Å². The van der Waals surface area contributed by atoms with E-state index in [1.165, 1.54) is 0 Å². The summed E-state index contributed by atoms with van der Waals surface area (Å²) < 4.78 is 6.38. The Balaban J connectivity index is 1.91. The molecular weight excluding hydrogens is 252 g/mol. The predicted octanol–water partition coefficient (Wildman–Crippen LogP) is 2.58. The van der Waals surface area contributed by atoms with Gasteiger partial charge < -0.3 is 14.9 Å². The third-order valence-corrected chi connectivity index (χ3v) is 5.77. The number of ether oxygens (including phenoxy) is 1. The molecule has 3 aliphatic rings. The van der Waals surface area contributed by atoms with Gasteiger partial charge in [0.2, 0.25) is 0 Å². The minimum atomic E-state index is -0.723. The van der Waals surface area contributed by atoms with Gasteiger partial charge in [-0.3, -0.25) is 0 Å². The fraction of sp³-hybridized carbons (Fsp3) is 0.765. The molecule has 0 aromatic heterocycles. The molecule has 0 unspecified atom stereocenters. The van der Waals surface area contributed by atoms with Crippen LogP contribution in [0.25, 0.3) is 0 Å². The maximum absolute atomic E-state index is 11.2. The first kappa shape index (κ1) is 14.3. The first-order valence-electron chi connectivity index (χ1n) is 7.85. The van der Waals surface area contributed by atoms with Crippen molar-refractivity contribution < 1.29 is 14.9 Å². The predicted molar refractivity (Wildman–Crippen MR) is 78.3 cm³/mol. The van der Waals surface area contributed by atoms with E-state index in [4.69, 9.17) is 4.74 Å². The van der Waals surface area contributed by atoms with Crippen molar-refractivity contribution in [2.75, 3.05) is 0 Å². The molecule has 112 valence electrons. The van der Waals surface area contributed by atoms with Gasteiger partial charge in [0.15, 0.2) is 0 Å². The van der Waals surface area contributed by atoms with Crippen molar-refractivity contribution >= 4 is 0 Å². The molecule has 2 aliphatic carbocycles. The lowest BCUT2D eigenvalue weighted by atomic mass is 9.69. The van der Waals surface area contributed by atoms with Crippen molar-refractivity contribution in [1.82, 2.24) is 0 Å². The summed E-state index contributed by atoms with van der Waals surface area (Å²) in [6, 6.07) is 0. The van der Waals surface area contributed by atoms with E-state index in [1.54, 1.807) is 0 Å².